The van der Waals surface area contributed by atoms with E-state index in [-0.39, 0.29) is 24.2 Å². The number of nitrogens with zero attached hydrogens (tertiary/aromatic N) is 3. The van der Waals surface area contributed by atoms with E-state index in [4.69, 9.17) is 0 Å². The molecule has 2 heterocycles. The summed E-state index contributed by atoms with van der Waals surface area (Å²) in [4.78, 5) is 36.4. The molecule has 2 aromatic carbocycles. The molecule has 2 N–H and O–H groups in total. The van der Waals surface area contributed by atoms with E-state index in [0.717, 1.165) is 10.4 Å². The zero-order valence-corrected chi connectivity index (χ0v) is 15.8. The van der Waals surface area contributed by atoms with Gasteiger partial charge in [0.25, 0.3) is 11.8 Å². The highest BCUT2D eigenvalue weighted by molar-refractivity contribution is 5.97. The zero-order valence-electron chi connectivity index (χ0n) is 15.8. The lowest BCUT2D eigenvalue weighted by atomic mass is 10.1. The van der Waals surface area contributed by atoms with E-state index in [2.05, 4.69) is 15.3 Å². The molecule has 7 nitrogen and oxygen atoms in total. The molecule has 0 radical (unpaired) electrons. The third-order valence-electron chi connectivity index (χ3n) is 4.99. The van der Waals surface area contributed by atoms with Gasteiger partial charge in [-0.25, -0.2) is 4.39 Å². The van der Waals surface area contributed by atoms with Gasteiger partial charge in [0.05, 0.1) is 37.2 Å². The molecule has 29 heavy (non-hydrogen) atoms. The minimum atomic E-state index is -0.387. The van der Waals surface area contributed by atoms with E-state index in [1.807, 2.05) is 0 Å². The number of amides is 2. The fourth-order valence-electron chi connectivity index (χ4n) is 3.48. The maximum Gasteiger partial charge on any atom is 0.279 e. The Labute approximate surface area is 167 Å². The molecule has 3 aromatic rings. The van der Waals surface area contributed by atoms with Gasteiger partial charge in [0.1, 0.15) is 5.82 Å². The number of fused-ring (bicyclic) bond motifs is 1. The van der Waals surface area contributed by atoms with Crippen LogP contribution in [0.1, 0.15) is 10.4 Å². The van der Waals surface area contributed by atoms with Crippen LogP contribution in [0.2, 0.25) is 0 Å². The fourth-order valence-corrected chi connectivity index (χ4v) is 3.48. The molecular formula is C21H21FN5O2+. The fraction of sp³-hybridized carbons (Fsp3) is 0.238. The van der Waals surface area contributed by atoms with Crippen LogP contribution in [-0.2, 0) is 4.79 Å². The van der Waals surface area contributed by atoms with Crippen molar-refractivity contribution in [2.24, 2.45) is 0 Å². The number of piperazine rings is 1. The number of rotatable bonds is 4. The van der Waals surface area contributed by atoms with Gasteiger partial charge in [-0.3, -0.25) is 19.6 Å². The van der Waals surface area contributed by atoms with Gasteiger partial charge in [-0.05, 0) is 36.4 Å². The van der Waals surface area contributed by atoms with Crippen LogP contribution in [0.25, 0.3) is 11.0 Å². The predicted molar refractivity (Wildman–Crippen MR) is 106 cm³/mol. The molecule has 1 aliphatic heterocycles. The van der Waals surface area contributed by atoms with Crippen molar-refractivity contribution in [2.75, 3.05) is 38.0 Å². The average molecular weight is 394 g/mol. The quantitative estimate of drug-likeness (QED) is 0.685. The lowest BCUT2D eigenvalue weighted by Gasteiger charge is -2.32. The van der Waals surface area contributed by atoms with Crippen molar-refractivity contribution in [2.45, 2.75) is 0 Å². The molecule has 1 fully saturated rings. The summed E-state index contributed by atoms with van der Waals surface area (Å²) >= 11 is 0. The number of halogens is 1. The smallest absolute Gasteiger partial charge is 0.279 e. The largest absolute Gasteiger partial charge is 0.327 e. The monoisotopic (exact) mass is 394 g/mol. The number of carbonyl (C=O) groups is 2. The van der Waals surface area contributed by atoms with Crippen LogP contribution in [0, 0.1) is 5.82 Å². The van der Waals surface area contributed by atoms with E-state index in [1.54, 1.807) is 47.6 Å². The van der Waals surface area contributed by atoms with Crippen LogP contribution in [-0.4, -0.2) is 59.4 Å². The third-order valence-corrected chi connectivity index (χ3v) is 4.99. The van der Waals surface area contributed by atoms with Gasteiger partial charge in [-0.1, -0.05) is 6.07 Å². The molecule has 1 aromatic heterocycles. The van der Waals surface area contributed by atoms with E-state index in [0.29, 0.717) is 42.9 Å². The molecule has 148 valence electrons. The number of hydrogen-bond acceptors (Lipinski definition) is 4. The summed E-state index contributed by atoms with van der Waals surface area (Å²) in [6.45, 7) is 2.77. The molecule has 0 saturated carbocycles. The molecule has 0 unspecified atom stereocenters. The number of hydrogen-bond donors (Lipinski definition) is 2. The average Bonchev–Trinajstić information content (AvgIpc) is 2.73. The van der Waals surface area contributed by atoms with Crippen LogP contribution in [0.3, 0.4) is 0 Å². The van der Waals surface area contributed by atoms with Gasteiger partial charge in [-0.15, -0.1) is 0 Å². The predicted octanol–water partition coefficient (Wildman–Crippen LogP) is 0.748. The van der Waals surface area contributed by atoms with Gasteiger partial charge in [-0.2, -0.15) is 0 Å². The van der Waals surface area contributed by atoms with E-state index in [1.165, 1.54) is 12.1 Å². The lowest BCUT2D eigenvalue weighted by molar-refractivity contribution is -0.895. The maximum absolute atomic E-state index is 13.2. The first-order valence-corrected chi connectivity index (χ1v) is 9.47. The SMILES string of the molecule is O=C(C[NH+]1CCN(C(=O)c2ccc3nccnc3c2)CC1)Nc1cccc(F)c1. The van der Waals surface area contributed by atoms with Crippen molar-refractivity contribution in [3.8, 4) is 0 Å². The van der Waals surface area contributed by atoms with Crippen molar-refractivity contribution in [1.82, 2.24) is 14.9 Å². The molecule has 8 heteroatoms. The first-order valence-electron chi connectivity index (χ1n) is 9.47. The Kier molecular flexibility index (Phi) is 5.44. The summed E-state index contributed by atoms with van der Waals surface area (Å²) in [6, 6.07) is 11.2. The van der Waals surface area contributed by atoms with Crippen LogP contribution in [0.4, 0.5) is 10.1 Å². The van der Waals surface area contributed by atoms with Crippen molar-refractivity contribution >= 4 is 28.5 Å². The highest BCUT2D eigenvalue weighted by atomic mass is 19.1. The second-order valence-corrected chi connectivity index (χ2v) is 7.04. The second-order valence-electron chi connectivity index (χ2n) is 7.04. The number of quaternary nitrogens is 1. The Morgan fingerprint density at radius 1 is 1.03 bits per heavy atom. The van der Waals surface area contributed by atoms with Crippen molar-refractivity contribution in [3.63, 3.8) is 0 Å². The van der Waals surface area contributed by atoms with Crippen molar-refractivity contribution in [1.29, 1.82) is 0 Å². The summed E-state index contributed by atoms with van der Waals surface area (Å²) in [5.41, 5.74) is 2.48. The zero-order chi connectivity index (χ0) is 20.2. The lowest BCUT2D eigenvalue weighted by Crippen LogP contribution is -3.15. The third kappa shape index (κ3) is 4.55. The molecule has 0 atom stereocenters. The van der Waals surface area contributed by atoms with Crippen molar-refractivity contribution in [3.05, 3.63) is 66.2 Å². The molecule has 1 saturated heterocycles. The highest BCUT2D eigenvalue weighted by Gasteiger charge is 2.26. The van der Waals surface area contributed by atoms with E-state index >= 15 is 0 Å². The minimum absolute atomic E-state index is 0.0409. The molecular weight excluding hydrogens is 373 g/mol. The molecule has 2 amide bonds. The van der Waals surface area contributed by atoms with Gasteiger partial charge >= 0.3 is 0 Å². The molecule has 0 bridgehead atoms. The second kappa shape index (κ2) is 8.32. The normalized spacial score (nSPS) is 14.7. The number of anilines is 1. The minimum Gasteiger partial charge on any atom is -0.327 e. The number of benzene rings is 2. The van der Waals surface area contributed by atoms with Crippen LogP contribution in [0.15, 0.2) is 54.9 Å². The Morgan fingerprint density at radius 2 is 1.79 bits per heavy atom. The topological polar surface area (TPSA) is 79.6 Å². The summed E-state index contributed by atoms with van der Waals surface area (Å²) in [6.07, 6.45) is 3.23. The maximum atomic E-state index is 13.2. The Balaban J connectivity index is 1.31. The molecule has 0 spiro atoms. The first-order chi connectivity index (χ1) is 14.1. The van der Waals surface area contributed by atoms with E-state index < -0.39 is 0 Å². The summed E-state index contributed by atoms with van der Waals surface area (Å²) in [7, 11) is 0. The van der Waals surface area contributed by atoms with Crippen LogP contribution >= 0.6 is 0 Å². The number of nitrogens with one attached hydrogen (secondary N) is 2. The van der Waals surface area contributed by atoms with E-state index in [9.17, 15) is 14.0 Å². The summed E-state index contributed by atoms with van der Waals surface area (Å²) in [5.74, 6) is -0.596. The molecule has 1 aliphatic rings. The summed E-state index contributed by atoms with van der Waals surface area (Å²) < 4.78 is 13.2. The summed E-state index contributed by atoms with van der Waals surface area (Å²) in [5, 5.41) is 2.71. The van der Waals surface area contributed by atoms with Gasteiger partial charge < -0.3 is 15.1 Å². The Hall–Kier alpha value is -3.39. The number of carbonyl (C=O) groups excluding carboxylic acids is 2. The van der Waals surface area contributed by atoms with Gasteiger partial charge in [0.15, 0.2) is 6.54 Å². The highest BCUT2D eigenvalue weighted by Crippen LogP contribution is 2.13. The van der Waals surface area contributed by atoms with Gasteiger partial charge in [0, 0.05) is 23.6 Å². The van der Waals surface area contributed by atoms with Crippen LogP contribution in [0.5, 0.6) is 0 Å². The molecule has 0 aliphatic carbocycles. The first kappa shape index (κ1) is 18.9. The van der Waals surface area contributed by atoms with Gasteiger partial charge in [0.2, 0.25) is 0 Å². The van der Waals surface area contributed by atoms with Crippen LogP contribution < -0.4 is 10.2 Å². The Bertz CT molecular complexity index is 1050. The van der Waals surface area contributed by atoms with Crippen molar-refractivity contribution < 1.29 is 18.9 Å². The molecule has 4 rings (SSSR count). The Morgan fingerprint density at radius 3 is 2.55 bits per heavy atom. The standard InChI is InChI=1S/C21H20FN5O2/c22-16-2-1-3-17(13-16)25-20(28)14-26-8-10-27(11-9-26)21(29)15-4-5-18-19(12-15)24-7-6-23-18/h1-7,12-13H,8-11,14H2,(H,25,28)/p+1. The number of aromatic nitrogens is 2.